The molecule has 2 amide bonds. The van der Waals surface area contributed by atoms with Crippen molar-refractivity contribution in [2.45, 2.75) is 6.92 Å². The number of halogens is 1. The third kappa shape index (κ3) is 3.49. The van der Waals surface area contributed by atoms with Gasteiger partial charge in [0, 0.05) is 5.56 Å². The topological polar surface area (TPSA) is 63.7 Å². The van der Waals surface area contributed by atoms with Gasteiger partial charge < -0.3 is 4.74 Å². The van der Waals surface area contributed by atoms with E-state index < -0.39 is 29.5 Å². The van der Waals surface area contributed by atoms with Crippen molar-refractivity contribution in [2.24, 2.45) is 0 Å². The molecule has 0 N–H and O–H groups in total. The summed E-state index contributed by atoms with van der Waals surface area (Å²) in [6.07, 6.45) is 1.30. The van der Waals surface area contributed by atoms with Gasteiger partial charge in [0.1, 0.15) is 12.4 Å². The fraction of sp³-hybridized carbons (Fsp3) is 0.214. The van der Waals surface area contributed by atoms with E-state index in [1.54, 1.807) is 13.0 Å². The maximum absolute atomic E-state index is 13.5. The summed E-state index contributed by atoms with van der Waals surface area (Å²) in [4.78, 5) is 36.0. The Morgan fingerprint density at radius 3 is 2.76 bits per heavy atom. The Hall–Kier alpha value is -2.15. The summed E-state index contributed by atoms with van der Waals surface area (Å²) in [6.45, 7) is 1.36. The standard InChI is InChI=1S/C14H12FNO4S/c1-2-20-12(17)8-16-13(18)11(21-14(16)19)7-9-5-3-4-6-10(9)15/h3-7H,2,8H2,1H3/b11-7-. The average Bonchev–Trinajstić information content (AvgIpc) is 2.69. The Bertz CT molecular complexity index is 629. The van der Waals surface area contributed by atoms with E-state index in [-0.39, 0.29) is 17.1 Å². The monoisotopic (exact) mass is 309 g/mol. The van der Waals surface area contributed by atoms with Gasteiger partial charge in [-0.2, -0.15) is 0 Å². The molecule has 2 rings (SSSR count). The van der Waals surface area contributed by atoms with Crippen LogP contribution in [-0.4, -0.2) is 35.2 Å². The largest absolute Gasteiger partial charge is 0.465 e. The predicted molar refractivity (Wildman–Crippen MR) is 75.7 cm³/mol. The molecular weight excluding hydrogens is 297 g/mol. The molecular formula is C14H12FNO4S. The summed E-state index contributed by atoms with van der Waals surface area (Å²) in [5.41, 5.74) is 0.208. The van der Waals surface area contributed by atoms with Crippen molar-refractivity contribution >= 4 is 35.0 Å². The first-order valence-electron chi connectivity index (χ1n) is 6.18. The van der Waals surface area contributed by atoms with Crippen LogP contribution in [0.5, 0.6) is 0 Å². The molecule has 0 aromatic heterocycles. The Morgan fingerprint density at radius 2 is 2.10 bits per heavy atom. The third-order valence-corrected chi connectivity index (χ3v) is 3.57. The number of esters is 1. The van der Waals surface area contributed by atoms with Crippen molar-refractivity contribution in [2.75, 3.05) is 13.2 Å². The van der Waals surface area contributed by atoms with E-state index in [1.807, 2.05) is 0 Å². The lowest BCUT2D eigenvalue weighted by atomic mass is 10.2. The highest BCUT2D eigenvalue weighted by Crippen LogP contribution is 2.32. The summed E-state index contributed by atoms with van der Waals surface area (Å²) in [6, 6.07) is 5.90. The number of ether oxygens (including phenoxy) is 1. The van der Waals surface area contributed by atoms with Crippen LogP contribution in [0.25, 0.3) is 6.08 Å². The van der Waals surface area contributed by atoms with Gasteiger partial charge in [0.2, 0.25) is 0 Å². The van der Waals surface area contributed by atoms with Gasteiger partial charge in [0.25, 0.3) is 11.1 Å². The Balaban J connectivity index is 2.18. The molecule has 0 unspecified atom stereocenters. The maximum atomic E-state index is 13.5. The van der Waals surface area contributed by atoms with Crippen molar-refractivity contribution in [1.29, 1.82) is 0 Å². The second kappa shape index (κ2) is 6.53. The van der Waals surface area contributed by atoms with E-state index in [4.69, 9.17) is 4.74 Å². The van der Waals surface area contributed by atoms with Crippen molar-refractivity contribution in [3.8, 4) is 0 Å². The molecule has 0 radical (unpaired) electrons. The average molecular weight is 309 g/mol. The lowest BCUT2D eigenvalue weighted by molar-refractivity contribution is -0.145. The fourth-order valence-electron chi connectivity index (χ4n) is 1.71. The van der Waals surface area contributed by atoms with Crippen molar-refractivity contribution in [1.82, 2.24) is 4.90 Å². The molecule has 5 nitrogen and oxygen atoms in total. The van der Waals surface area contributed by atoms with E-state index in [9.17, 15) is 18.8 Å². The van der Waals surface area contributed by atoms with Crippen LogP contribution in [0.3, 0.4) is 0 Å². The number of hydrogen-bond donors (Lipinski definition) is 0. The van der Waals surface area contributed by atoms with Crippen LogP contribution in [-0.2, 0) is 14.3 Å². The van der Waals surface area contributed by atoms with Gasteiger partial charge in [-0.3, -0.25) is 19.3 Å². The van der Waals surface area contributed by atoms with Crippen molar-refractivity contribution in [3.05, 3.63) is 40.6 Å². The smallest absolute Gasteiger partial charge is 0.326 e. The van der Waals surface area contributed by atoms with Crippen LogP contribution in [0.1, 0.15) is 12.5 Å². The molecule has 1 aromatic rings. The second-order valence-electron chi connectivity index (χ2n) is 4.09. The highest BCUT2D eigenvalue weighted by Gasteiger charge is 2.36. The third-order valence-electron chi connectivity index (χ3n) is 2.66. The zero-order valence-corrected chi connectivity index (χ0v) is 12.0. The number of amides is 2. The van der Waals surface area contributed by atoms with Gasteiger partial charge in [0.15, 0.2) is 0 Å². The summed E-state index contributed by atoms with van der Waals surface area (Å²) in [7, 11) is 0. The number of imide groups is 1. The van der Waals surface area contributed by atoms with Crippen LogP contribution < -0.4 is 0 Å². The van der Waals surface area contributed by atoms with Gasteiger partial charge in [0.05, 0.1) is 11.5 Å². The molecule has 110 valence electrons. The van der Waals surface area contributed by atoms with Gasteiger partial charge in [-0.25, -0.2) is 4.39 Å². The first-order chi connectivity index (χ1) is 10.0. The second-order valence-corrected chi connectivity index (χ2v) is 5.09. The van der Waals surface area contributed by atoms with E-state index in [1.165, 1.54) is 24.3 Å². The molecule has 1 saturated heterocycles. The van der Waals surface area contributed by atoms with E-state index in [0.29, 0.717) is 11.8 Å². The SMILES string of the molecule is CCOC(=O)CN1C(=O)S/C(=C\c2ccccc2F)C1=O. The van der Waals surface area contributed by atoms with Crippen molar-refractivity contribution < 1.29 is 23.5 Å². The lowest BCUT2D eigenvalue weighted by Crippen LogP contribution is -2.34. The van der Waals surface area contributed by atoms with Gasteiger partial charge >= 0.3 is 5.97 Å². The quantitative estimate of drug-likeness (QED) is 0.631. The molecule has 21 heavy (non-hydrogen) atoms. The summed E-state index contributed by atoms with van der Waals surface area (Å²) in [5.74, 6) is -1.78. The zero-order chi connectivity index (χ0) is 15.4. The molecule has 0 atom stereocenters. The first kappa shape index (κ1) is 15.2. The number of rotatable bonds is 4. The Morgan fingerprint density at radius 1 is 1.38 bits per heavy atom. The first-order valence-corrected chi connectivity index (χ1v) is 7.00. The van der Waals surface area contributed by atoms with Gasteiger partial charge in [-0.05, 0) is 30.8 Å². The molecule has 0 saturated carbocycles. The summed E-state index contributed by atoms with van der Waals surface area (Å²) < 4.78 is 18.2. The fourth-order valence-corrected chi connectivity index (χ4v) is 2.53. The van der Waals surface area contributed by atoms with Crippen LogP contribution in [0.15, 0.2) is 29.2 Å². The lowest BCUT2D eigenvalue weighted by Gasteiger charge is -2.10. The van der Waals surface area contributed by atoms with E-state index in [2.05, 4.69) is 0 Å². The summed E-state index contributed by atoms with van der Waals surface area (Å²) in [5, 5.41) is -0.573. The van der Waals surface area contributed by atoms with E-state index >= 15 is 0 Å². The molecule has 1 aliphatic heterocycles. The molecule has 1 heterocycles. The highest BCUT2D eigenvalue weighted by atomic mass is 32.2. The molecule has 0 bridgehead atoms. The zero-order valence-electron chi connectivity index (χ0n) is 11.2. The number of nitrogens with zero attached hydrogens (tertiary/aromatic N) is 1. The molecule has 1 aromatic carbocycles. The molecule has 0 aliphatic carbocycles. The van der Waals surface area contributed by atoms with Crippen LogP contribution in [0.2, 0.25) is 0 Å². The molecule has 7 heteroatoms. The van der Waals surface area contributed by atoms with Crippen molar-refractivity contribution in [3.63, 3.8) is 0 Å². The predicted octanol–water partition coefficient (Wildman–Crippen LogP) is 2.43. The number of thioether (sulfide) groups is 1. The minimum atomic E-state index is -0.660. The highest BCUT2D eigenvalue weighted by molar-refractivity contribution is 8.18. The van der Waals surface area contributed by atoms with Crippen LogP contribution >= 0.6 is 11.8 Å². The Kier molecular flexibility index (Phi) is 4.74. The minimum Gasteiger partial charge on any atom is -0.465 e. The Labute approximate surface area is 124 Å². The normalized spacial score (nSPS) is 16.7. The maximum Gasteiger partial charge on any atom is 0.326 e. The number of carbonyl (C=O) groups excluding carboxylic acids is 3. The molecule has 1 fully saturated rings. The number of carbonyl (C=O) groups is 3. The number of hydrogen-bond acceptors (Lipinski definition) is 5. The van der Waals surface area contributed by atoms with Crippen LogP contribution in [0, 0.1) is 5.82 Å². The molecule has 0 spiro atoms. The van der Waals surface area contributed by atoms with Gasteiger partial charge in [-0.1, -0.05) is 18.2 Å². The van der Waals surface area contributed by atoms with Gasteiger partial charge in [-0.15, -0.1) is 0 Å². The number of benzene rings is 1. The summed E-state index contributed by atoms with van der Waals surface area (Å²) >= 11 is 0.670. The van der Waals surface area contributed by atoms with Crippen LogP contribution in [0.4, 0.5) is 9.18 Å². The minimum absolute atomic E-state index is 0.0781. The molecule has 1 aliphatic rings. The van der Waals surface area contributed by atoms with E-state index in [0.717, 1.165) is 4.90 Å².